The Kier molecular flexibility index (Phi) is 7.74. The van der Waals surface area contributed by atoms with Crippen molar-refractivity contribution in [1.29, 1.82) is 0 Å². The number of carbonyl (C=O) groups is 1. The van der Waals surface area contributed by atoms with Gasteiger partial charge in [0.15, 0.2) is 5.96 Å². The number of carbonyl (C=O) groups excluding carboxylic acids is 1. The zero-order chi connectivity index (χ0) is 22.9. The molecule has 1 aliphatic heterocycles. The van der Waals surface area contributed by atoms with Crippen molar-refractivity contribution in [2.24, 2.45) is 10.9 Å². The molecule has 33 heavy (non-hydrogen) atoms. The maximum absolute atomic E-state index is 12.4. The van der Waals surface area contributed by atoms with E-state index in [1.165, 1.54) is 5.56 Å². The average molecular weight is 446 g/mol. The minimum absolute atomic E-state index is 0.232. The summed E-state index contributed by atoms with van der Waals surface area (Å²) < 4.78 is 5.60. The normalized spacial score (nSPS) is 16.3. The van der Waals surface area contributed by atoms with E-state index in [4.69, 9.17) is 4.42 Å². The van der Waals surface area contributed by atoms with Crippen LogP contribution in [0.4, 0.5) is 0 Å². The molecule has 1 unspecified atom stereocenters. The number of benzene rings is 2. The highest BCUT2D eigenvalue weighted by atomic mass is 16.3. The summed E-state index contributed by atoms with van der Waals surface area (Å²) in [6.07, 6.45) is 3.11. The van der Waals surface area contributed by atoms with Crippen LogP contribution in [0.15, 0.2) is 76.3 Å². The summed E-state index contributed by atoms with van der Waals surface area (Å²) in [7, 11) is 0. The number of hydrogen-bond acceptors (Lipinski definition) is 4. The number of oxazole rings is 1. The third-order valence-corrected chi connectivity index (χ3v) is 5.68. The molecular formula is C26H31N5O2. The Hall–Kier alpha value is -3.61. The molecule has 3 aromatic rings. The van der Waals surface area contributed by atoms with Crippen molar-refractivity contribution in [3.05, 3.63) is 78.2 Å². The molecule has 7 nitrogen and oxygen atoms in total. The average Bonchev–Trinajstić information content (AvgIpc) is 3.47. The molecule has 0 saturated carbocycles. The van der Waals surface area contributed by atoms with Crippen molar-refractivity contribution < 1.29 is 9.21 Å². The first kappa shape index (κ1) is 22.6. The second-order valence-electron chi connectivity index (χ2n) is 8.23. The number of rotatable bonds is 9. The third kappa shape index (κ3) is 6.44. The molecule has 1 aromatic heterocycles. The Bertz CT molecular complexity index is 1050. The number of aromatic nitrogens is 1. The summed E-state index contributed by atoms with van der Waals surface area (Å²) in [5.74, 6) is 1.82. The second-order valence-corrected chi connectivity index (χ2v) is 8.23. The van der Waals surface area contributed by atoms with E-state index in [1.807, 2.05) is 60.4 Å². The molecule has 1 fully saturated rings. The zero-order valence-corrected chi connectivity index (χ0v) is 19.0. The zero-order valence-electron chi connectivity index (χ0n) is 19.0. The van der Waals surface area contributed by atoms with E-state index in [-0.39, 0.29) is 11.8 Å². The van der Waals surface area contributed by atoms with Gasteiger partial charge in [0, 0.05) is 44.1 Å². The minimum Gasteiger partial charge on any atom is -0.444 e. The number of nitrogens with one attached hydrogen (secondary N) is 2. The smallest absolute Gasteiger partial charge is 0.226 e. The van der Waals surface area contributed by atoms with E-state index in [1.54, 1.807) is 6.26 Å². The fourth-order valence-corrected chi connectivity index (χ4v) is 3.95. The predicted molar refractivity (Wildman–Crippen MR) is 130 cm³/mol. The van der Waals surface area contributed by atoms with E-state index in [2.05, 4.69) is 32.7 Å². The molecule has 0 radical (unpaired) electrons. The maximum atomic E-state index is 12.4. The molecule has 1 amide bonds. The largest absolute Gasteiger partial charge is 0.444 e. The number of nitrogens with zero attached hydrogens (tertiary/aromatic N) is 3. The first-order valence-electron chi connectivity index (χ1n) is 11.5. The Morgan fingerprint density at radius 2 is 1.88 bits per heavy atom. The Morgan fingerprint density at radius 3 is 2.64 bits per heavy atom. The Balaban J connectivity index is 1.27. The van der Waals surface area contributed by atoms with Crippen molar-refractivity contribution in [1.82, 2.24) is 20.5 Å². The number of hydrogen-bond donors (Lipinski definition) is 2. The minimum atomic E-state index is 0.232. The summed E-state index contributed by atoms with van der Waals surface area (Å²) in [4.78, 5) is 23.6. The Labute approximate surface area is 194 Å². The van der Waals surface area contributed by atoms with Crippen LogP contribution >= 0.6 is 0 Å². The molecular weight excluding hydrogens is 414 g/mol. The highest BCUT2D eigenvalue weighted by Crippen LogP contribution is 2.19. The molecule has 7 heteroatoms. The number of guanidine groups is 1. The second kappa shape index (κ2) is 11.3. The van der Waals surface area contributed by atoms with Gasteiger partial charge in [-0.1, -0.05) is 48.5 Å². The van der Waals surface area contributed by atoms with E-state index < -0.39 is 0 Å². The van der Waals surface area contributed by atoms with E-state index >= 15 is 0 Å². The number of aliphatic imine (C=N–C) groups is 1. The molecule has 2 aromatic carbocycles. The van der Waals surface area contributed by atoms with Gasteiger partial charge < -0.3 is 20.0 Å². The van der Waals surface area contributed by atoms with Crippen LogP contribution in [0.25, 0.3) is 11.5 Å². The summed E-state index contributed by atoms with van der Waals surface area (Å²) in [5.41, 5.74) is 2.98. The van der Waals surface area contributed by atoms with Gasteiger partial charge >= 0.3 is 0 Å². The van der Waals surface area contributed by atoms with E-state index in [0.717, 1.165) is 43.3 Å². The summed E-state index contributed by atoms with van der Waals surface area (Å²) in [6, 6.07) is 20.1. The lowest BCUT2D eigenvalue weighted by Gasteiger charge is -2.18. The lowest BCUT2D eigenvalue weighted by Crippen LogP contribution is -2.40. The molecule has 1 atom stereocenters. The van der Waals surface area contributed by atoms with Gasteiger partial charge in [-0.25, -0.2) is 9.98 Å². The fraction of sp³-hybridized carbons (Fsp3) is 0.346. The monoisotopic (exact) mass is 445 g/mol. The predicted octanol–water partition coefficient (Wildman–Crippen LogP) is 3.49. The third-order valence-electron chi connectivity index (χ3n) is 5.68. The Morgan fingerprint density at radius 1 is 1.12 bits per heavy atom. The molecule has 0 bridgehead atoms. The molecule has 1 saturated heterocycles. The van der Waals surface area contributed by atoms with Crippen LogP contribution in [0.2, 0.25) is 0 Å². The van der Waals surface area contributed by atoms with Crippen LogP contribution in [0.3, 0.4) is 0 Å². The van der Waals surface area contributed by atoms with Crippen molar-refractivity contribution >= 4 is 11.9 Å². The van der Waals surface area contributed by atoms with Gasteiger partial charge in [-0.2, -0.15) is 0 Å². The maximum Gasteiger partial charge on any atom is 0.226 e. The lowest BCUT2D eigenvalue weighted by atomic mass is 10.1. The van der Waals surface area contributed by atoms with Crippen molar-refractivity contribution in [3.8, 4) is 11.5 Å². The van der Waals surface area contributed by atoms with Crippen LogP contribution in [0.1, 0.15) is 24.6 Å². The molecule has 2 N–H and O–H groups in total. The van der Waals surface area contributed by atoms with Crippen molar-refractivity contribution in [2.45, 2.75) is 26.3 Å². The van der Waals surface area contributed by atoms with Crippen molar-refractivity contribution in [3.63, 3.8) is 0 Å². The summed E-state index contributed by atoms with van der Waals surface area (Å²) >= 11 is 0. The molecule has 4 rings (SSSR count). The quantitative estimate of drug-likeness (QED) is 0.389. The molecule has 0 aliphatic carbocycles. The molecule has 2 heterocycles. The fourth-order valence-electron chi connectivity index (χ4n) is 3.95. The van der Waals surface area contributed by atoms with Crippen LogP contribution in [-0.2, 0) is 17.8 Å². The summed E-state index contributed by atoms with van der Waals surface area (Å²) in [6.45, 7) is 5.45. The highest BCUT2D eigenvalue weighted by molar-refractivity contribution is 5.81. The van der Waals surface area contributed by atoms with Crippen LogP contribution in [-0.4, -0.2) is 47.9 Å². The van der Waals surface area contributed by atoms with Gasteiger partial charge in [0.2, 0.25) is 11.8 Å². The first-order chi connectivity index (χ1) is 16.2. The van der Waals surface area contributed by atoms with Crippen molar-refractivity contribution in [2.75, 3.05) is 26.2 Å². The number of likely N-dealkylation sites (tertiary alicyclic amines) is 1. The van der Waals surface area contributed by atoms with Gasteiger partial charge in [0.1, 0.15) is 12.0 Å². The van der Waals surface area contributed by atoms with Crippen LogP contribution < -0.4 is 10.6 Å². The van der Waals surface area contributed by atoms with E-state index in [9.17, 15) is 4.79 Å². The van der Waals surface area contributed by atoms with Gasteiger partial charge in [-0.15, -0.1) is 0 Å². The van der Waals surface area contributed by atoms with Crippen LogP contribution in [0, 0.1) is 5.92 Å². The highest BCUT2D eigenvalue weighted by Gasteiger charge is 2.29. The summed E-state index contributed by atoms with van der Waals surface area (Å²) in [5, 5.41) is 6.65. The SMILES string of the molecule is CCNC(=NCc1coc(-c2ccccc2)n1)NCC1CC(=O)N(CCc2ccccc2)C1. The molecule has 172 valence electrons. The molecule has 1 aliphatic rings. The van der Waals surface area contributed by atoms with Gasteiger partial charge in [-0.05, 0) is 31.0 Å². The van der Waals surface area contributed by atoms with E-state index in [0.29, 0.717) is 25.4 Å². The topological polar surface area (TPSA) is 82.8 Å². The number of amides is 1. The van der Waals surface area contributed by atoms with Gasteiger partial charge in [0.25, 0.3) is 0 Å². The lowest BCUT2D eigenvalue weighted by molar-refractivity contribution is -0.127. The standard InChI is InChI=1S/C26H31N5O2/c1-2-27-26(29-17-23-19-33-25(30-23)22-11-7-4-8-12-22)28-16-21-15-24(32)31(18-21)14-13-20-9-5-3-6-10-20/h3-12,19,21H,2,13-18H2,1H3,(H2,27,28,29). The van der Waals surface area contributed by atoms with Gasteiger partial charge in [0.05, 0.1) is 6.54 Å². The molecule has 0 spiro atoms. The van der Waals surface area contributed by atoms with Gasteiger partial charge in [-0.3, -0.25) is 4.79 Å². The first-order valence-corrected chi connectivity index (χ1v) is 11.5. The van der Waals surface area contributed by atoms with Crippen LogP contribution in [0.5, 0.6) is 0 Å².